The van der Waals surface area contributed by atoms with Crippen molar-refractivity contribution in [3.63, 3.8) is 0 Å². The van der Waals surface area contributed by atoms with Crippen LogP contribution in [0.25, 0.3) is 0 Å². The number of anilines is 1. The molecule has 0 aromatic heterocycles. The number of carbonyl (C=O) groups excluding carboxylic acids is 1. The van der Waals surface area contributed by atoms with E-state index in [1.165, 1.54) is 0 Å². The summed E-state index contributed by atoms with van der Waals surface area (Å²) in [5.41, 5.74) is 5.46. The largest absolute Gasteiger partial charge is 0.491 e. The lowest BCUT2D eigenvalue weighted by Gasteiger charge is -2.34. The van der Waals surface area contributed by atoms with Crippen LogP contribution in [0.1, 0.15) is 22.3 Å². The van der Waals surface area contributed by atoms with Crippen molar-refractivity contribution in [1.82, 2.24) is 4.48 Å². The number of carbonyl (C=O) groups is 1. The molecule has 4 aliphatic rings. The van der Waals surface area contributed by atoms with Crippen LogP contribution in [0, 0.1) is 6.92 Å². The second-order valence-electron chi connectivity index (χ2n) is 11.0. The third-order valence-corrected chi connectivity index (χ3v) is 8.93. The van der Waals surface area contributed by atoms with Gasteiger partial charge < -0.3 is 23.8 Å². The monoisotopic (exact) mass is 545 g/mol. The molecule has 1 amide bonds. The number of fused-ring (bicyclic) bond motifs is 5. The van der Waals surface area contributed by atoms with Gasteiger partial charge in [0.1, 0.15) is 24.6 Å². The number of hydrogen-bond acceptors (Lipinski definition) is 6. The van der Waals surface area contributed by atoms with Gasteiger partial charge in [0.05, 0.1) is 13.2 Å². The molecule has 8 rings (SSSR count). The average Bonchev–Trinajstić information content (AvgIpc) is 3.69. The quantitative estimate of drug-likeness (QED) is 0.322. The first kappa shape index (κ1) is 24.5. The van der Waals surface area contributed by atoms with Gasteiger partial charge in [-0.2, -0.15) is 4.48 Å². The predicted molar refractivity (Wildman–Crippen MR) is 155 cm³/mol. The molecule has 204 valence electrons. The minimum absolute atomic E-state index is 0.0285. The number of para-hydroxylation sites is 1. The molecule has 0 aliphatic carbocycles. The molecular formula is C34H29N2O5+. The number of ether oxygens (including phenoxy) is 4. The van der Waals surface area contributed by atoms with E-state index < -0.39 is 5.41 Å². The highest BCUT2D eigenvalue weighted by molar-refractivity contribution is 6.11. The third kappa shape index (κ3) is 3.49. The summed E-state index contributed by atoms with van der Waals surface area (Å²) in [4.78, 5) is 17.7. The number of morpholine rings is 1. The van der Waals surface area contributed by atoms with Gasteiger partial charge in [0.25, 0.3) is 0 Å². The van der Waals surface area contributed by atoms with Gasteiger partial charge in [-0.1, -0.05) is 42.5 Å². The lowest BCUT2D eigenvalue weighted by atomic mass is 9.77. The Morgan fingerprint density at radius 2 is 1.54 bits per heavy atom. The van der Waals surface area contributed by atoms with Crippen molar-refractivity contribution in [2.45, 2.75) is 12.0 Å². The number of quaternary nitrogens is 1. The van der Waals surface area contributed by atoms with E-state index in [0.717, 1.165) is 46.8 Å². The third-order valence-electron chi connectivity index (χ3n) is 8.93. The molecule has 4 heterocycles. The minimum Gasteiger partial charge on any atom is -0.491 e. The Morgan fingerprint density at radius 3 is 2.32 bits per heavy atom. The second-order valence-corrected chi connectivity index (χ2v) is 11.0. The normalized spacial score (nSPS) is 23.9. The van der Waals surface area contributed by atoms with Crippen molar-refractivity contribution in [1.29, 1.82) is 0 Å². The molecule has 4 aliphatic heterocycles. The Labute approximate surface area is 239 Å². The molecule has 1 saturated heterocycles. The van der Waals surface area contributed by atoms with E-state index in [2.05, 4.69) is 41.3 Å². The number of rotatable bonds is 4. The molecule has 7 heteroatoms. The first-order chi connectivity index (χ1) is 20.1. The fourth-order valence-electron chi connectivity index (χ4n) is 6.90. The fourth-order valence-corrected chi connectivity index (χ4v) is 6.90. The molecule has 0 saturated carbocycles. The van der Waals surface area contributed by atoms with Gasteiger partial charge in [0.2, 0.25) is 6.79 Å². The molecule has 1 fully saturated rings. The fraction of sp³-hybridized carbons (Fsp3) is 0.235. The van der Waals surface area contributed by atoms with Gasteiger partial charge in [0.15, 0.2) is 22.6 Å². The molecule has 0 bridgehead atoms. The zero-order chi connectivity index (χ0) is 27.6. The topological polar surface area (TPSA) is 57.2 Å². The van der Waals surface area contributed by atoms with Crippen molar-refractivity contribution >= 4 is 23.0 Å². The zero-order valence-electron chi connectivity index (χ0n) is 22.5. The lowest BCUT2D eigenvalue weighted by molar-refractivity contribution is -0.131. The average molecular weight is 546 g/mol. The van der Waals surface area contributed by atoms with Crippen LogP contribution < -0.4 is 23.6 Å². The Balaban J connectivity index is 1.33. The maximum atomic E-state index is 15.4. The lowest BCUT2D eigenvalue weighted by Crippen LogP contribution is -2.53. The summed E-state index contributed by atoms with van der Waals surface area (Å²) in [5, 5.41) is 0. The summed E-state index contributed by atoms with van der Waals surface area (Å²) in [6, 6.07) is 28.2. The van der Waals surface area contributed by atoms with E-state index in [1.54, 1.807) is 0 Å². The number of nitrogens with zero attached hydrogens (tertiary/aromatic N) is 2. The Kier molecular flexibility index (Phi) is 5.43. The molecule has 2 radical (unpaired) electrons. The van der Waals surface area contributed by atoms with Crippen LogP contribution in [0.4, 0.5) is 17.1 Å². The Hall–Kier alpha value is -4.33. The van der Waals surface area contributed by atoms with Gasteiger partial charge in [-0.15, -0.1) is 0 Å². The maximum Gasteiger partial charge on any atom is 0.343 e. The summed E-state index contributed by atoms with van der Waals surface area (Å²) in [6.45, 7) is 9.97. The van der Waals surface area contributed by atoms with Gasteiger partial charge in [-0.3, -0.25) is 0 Å². The Bertz CT molecular complexity index is 1660. The SMILES string of the molecule is [CH]c1ccc(C[N+]2(c3ccc(N4CCOCC4)cc3)C(=O)C3(COc4cc5c(cc43)OCO5)c3ccccc32)cc1. The van der Waals surface area contributed by atoms with E-state index >= 15 is 4.79 Å². The first-order valence-corrected chi connectivity index (χ1v) is 14.0. The van der Waals surface area contributed by atoms with Crippen molar-refractivity contribution in [3.8, 4) is 17.2 Å². The van der Waals surface area contributed by atoms with Crippen LogP contribution in [0.5, 0.6) is 17.2 Å². The van der Waals surface area contributed by atoms with Crippen LogP contribution in [-0.4, -0.2) is 45.6 Å². The summed E-state index contributed by atoms with van der Waals surface area (Å²) in [5.74, 6) is 1.98. The van der Waals surface area contributed by atoms with E-state index in [-0.39, 0.29) is 23.8 Å². The van der Waals surface area contributed by atoms with Gasteiger partial charge >= 0.3 is 5.91 Å². The van der Waals surface area contributed by atoms with Crippen LogP contribution >= 0.6 is 0 Å². The zero-order valence-corrected chi connectivity index (χ0v) is 22.5. The highest BCUT2D eigenvalue weighted by atomic mass is 16.7. The molecule has 41 heavy (non-hydrogen) atoms. The van der Waals surface area contributed by atoms with Crippen molar-refractivity contribution in [2.75, 3.05) is 44.6 Å². The summed E-state index contributed by atoms with van der Waals surface area (Å²) in [7, 11) is 0. The van der Waals surface area contributed by atoms with E-state index in [0.29, 0.717) is 42.6 Å². The maximum absolute atomic E-state index is 15.4. The van der Waals surface area contributed by atoms with Crippen LogP contribution in [0.2, 0.25) is 0 Å². The molecular weight excluding hydrogens is 516 g/mol. The predicted octanol–water partition coefficient (Wildman–Crippen LogP) is 5.37. The highest BCUT2D eigenvalue weighted by Gasteiger charge is 2.67. The van der Waals surface area contributed by atoms with Gasteiger partial charge in [-0.05, 0) is 30.7 Å². The molecule has 4 aromatic rings. The first-order valence-electron chi connectivity index (χ1n) is 14.0. The van der Waals surface area contributed by atoms with Crippen LogP contribution in [-0.2, 0) is 21.5 Å². The number of amides is 1. The van der Waals surface area contributed by atoms with E-state index in [9.17, 15) is 0 Å². The molecule has 7 nitrogen and oxygen atoms in total. The molecule has 1 spiro atoms. The van der Waals surface area contributed by atoms with Crippen molar-refractivity contribution in [3.05, 3.63) is 114 Å². The van der Waals surface area contributed by atoms with Crippen LogP contribution in [0.3, 0.4) is 0 Å². The van der Waals surface area contributed by atoms with Crippen molar-refractivity contribution in [2.24, 2.45) is 0 Å². The molecule has 2 atom stereocenters. The second kappa shape index (κ2) is 9.09. The van der Waals surface area contributed by atoms with E-state index in [1.807, 2.05) is 48.5 Å². The van der Waals surface area contributed by atoms with E-state index in [4.69, 9.17) is 25.9 Å². The standard InChI is InChI=1S/C34H29N2O5/c1-23-6-8-24(9-7-23)20-36(26-12-10-25(11-13-26)35-14-16-38-17-15-35)29-5-3-2-4-27(29)34(33(36)37)21-39-30-19-32-31(18-28(30)34)40-22-41-32/h1-13,18-19H,14-17,20-22H2/q+1. The smallest absolute Gasteiger partial charge is 0.343 e. The van der Waals surface area contributed by atoms with Gasteiger partial charge in [-0.25, -0.2) is 4.79 Å². The summed E-state index contributed by atoms with van der Waals surface area (Å²) in [6.07, 6.45) is 0. The van der Waals surface area contributed by atoms with Gasteiger partial charge in [0, 0.05) is 59.7 Å². The summed E-state index contributed by atoms with van der Waals surface area (Å²) >= 11 is 0. The Morgan fingerprint density at radius 1 is 0.805 bits per heavy atom. The molecule has 4 aromatic carbocycles. The number of hydrogen-bond donors (Lipinski definition) is 0. The number of benzene rings is 4. The highest BCUT2D eigenvalue weighted by Crippen LogP contribution is 2.60. The van der Waals surface area contributed by atoms with Crippen LogP contribution in [0.15, 0.2) is 84.9 Å². The molecule has 0 N–H and O–H groups in total. The molecule has 2 unspecified atom stereocenters. The van der Waals surface area contributed by atoms with Crippen molar-refractivity contribution < 1.29 is 23.7 Å². The minimum atomic E-state index is -0.996. The summed E-state index contributed by atoms with van der Waals surface area (Å²) < 4.78 is 23.2.